The number of aromatic nitrogens is 2. The van der Waals surface area contributed by atoms with Crippen LogP contribution in [0, 0.1) is 0 Å². The molecule has 106 valence electrons. The minimum absolute atomic E-state index is 0.0985. The van der Waals surface area contributed by atoms with Crippen LogP contribution in [0.4, 0.5) is 0 Å². The number of hydrogen-bond acceptors (Lipinski definition) is 4. The highest BCUT2D eigenvalue weighted by molar-refractivity contribution is 5.66. The van der Waals surface area contributed by atoms with Crippen LogP contribution in [0.5, 0.6) is 11.5 Å². The second-order valence-corrected chi connectivity index (χ2v) is 4.41. The third-order valence-corrected chi connectivity index (χ3v) is 3.07. The highest BCUT2D eigenvalue weighted by Crippen LogP contribution is 2.29. The van der Waals surface area contributed by atoms with Gasteiger partial charge < -0.3 is 14.5 Å². The first-order chi connectivity index (χ1) is 9.69. The number of ether oxygens (including phenoxy) is 2. The van der Waals surface area contributed by atoms with Gasteiger partial charge in [-0.2, -0.15) is 0 Å². The number of hydrogen-bond donors (Lipinski definition) is 1. The maximum atomic E-state index is 12.0. The van der Waals surface area contributed by atoms with Gasteiger partial charge in [0.1, 0.15) is 11.5 Å². The summed E-state index contributed by atoms with van der Waals surface area (Å²) in [5.74, 6) is 1.34. The lowest BCUT2D eigenvalue weighted by Crippen LogP contribution is -2.14. The second kappa shape index (κ2) is 6.23. The van der Waals surface area contributed by atoms with Crippen molar-refractivity contribution < 1.29 is 9.47 Å². The third-order valence-electron chi connectivity index (χ3n) is 3.07. The van der Waals surface area contributed by atoms with Crippen molar-refractivity contribution >= 4 is 0 Å². The van der Waals surface area contributed by atoms with Crippen LogP contribution >= 0.6 is 0 Å². The van der Waals surface area contributed by atoms with Gasteiger partial charge in [0.15, 0.2) is 0 Å². The Morgan fingerprint density at radius 3 is 2.35 bits per heavy atom. The minimum atomic E-state index is -0.0985. The second-order valence-electron chi connectivity index (χ2n) is 4.41. The van der Waals surface area contributed by atoms with Crippen LogP contribution in [0.1, 0.15) is 18.9 Å². The molecule has 2 rings (SSSR count). The molecule has 1 heterocycles. The molecule has 0 atom stereocenters. The molecule has 0 radical (unpaired) electrons. The van der Waals surface area contributed by atoms with Crippen LogP contribution in [-0.4, -0.2) is 24.2 Å². The number of benzene rings is 1. The third kappa shape index (κ3) is 2.82. The average Bonchev–Trinajstić information content (AvgIpc) is 2.48. The van der Waals surface area contributed by atoms with Gasteiger partial charge >= 0.3 is 0 Å². The lowest BCUT2D eigenvalue weighted by molar-refractivity contribution is 0.394. The summed E-state index contributed by atoms with van der Waals surface area (Å²) in [6, 6.07) is 5.49. The topological polar surface area (TPSA) is 64.2 Å². The Balaban J connectivity index is 2.61. The van der Waals surface area contributed by atoms with E-state index in [4.69, 9.17) is 9.47 Å². The minimum Gasteiger partial charge on any atom is -0.497 e. The number of methoxy groups -OCH3 is 2. The number of nitrogens with zero attached hydrogens (tertiary/aromatic N) is 1. The van der Waals surface area contributed by atoms with E-state index in [2.05, 4.69) is 9.97 Å². The van der Waals surface area contributed by atoms with E-state index in [1.54, 1.807) is 20.3 Å². The molecule has 0 unspecified atom stereocenters. The van der Waals surface area contributed by atoms with Gasteiger partial charge in [0.2, 0.25) is 0 Å². The maximum absolute atomic E-state index is 12.0. The fourth-order valence-corrected chi connectivity index (χ4v) is 2.10. The predicted octanol–water partition coefficient (Wildman–Crippen LogP) is 2.41. The number of rotatable bonds is 5. The normalized spacial score (nSPS) is 10.3. The standard InChI is InChI=1S/C15H18N2O3/c1-4-5-13-14(16-9-17-15(13)18)10-6-11(19-2)8-12(7-10)20-3/h6-9H,4-5H2,1-3H3,(H,16,17,18). The molecule has 5 heteroatoms. The average molecular weight is 274 g/mol. The first-order valence-corrected chi connectivity index (χ1v) is 6.49. The van der Waals surface area contributed by atoms with Crippen LogP contribution in [0.3, 0.4) is 0 Å². The molecule has 0 saturated carbocycles. The van der Waals surface area contributed by atoms with Crippen molar-refractivity contribution in [2.45, 2.75) is 19.8 Å². The van der Waals surface area contributed by atoms with Gasteiger partial charge in [-0.1, -0.05) is 13.3 Å². The fraction of sp³-hybridized carbons (Fsp3) is 0.333. The lowest BCUT2D eigenvalue weighted by atomic mass is 10.0. The summed E-state index contributed by atoms with van der Waals surface area (Å²) in [6.45, 7) is 2.03. The van der Waals surface area contributed by atoms with Gasteiger partial charge in [0, 0.05) is 17.2 Å². The van der Waals surface area contributed by atoms with Crippen LogP contribution in [0.15, 0.2) is 29.3 Å². The Hall–Kier alpha value is -2.30. The zero-order chi connectivity index (χ0) is 14.5. The van der Waals surface area contributed by atoms with Crippen molar-refractivity contribution in [1.29, 1.82) is 0 Å². The molecule has 0 aliphatic carbocycles. The van der Waals surface area contributed by atoms with Crippen LogP contribution < -0.4 is 15.0 Å². The van der Waals surface area contributed by atoms with Crippen molar-refractivity contribution in [2.75, 3.05) is 14.2 Å². The van der Waals surface area contributed by atoms with Gasteiger partial charge in [-0.05, 0) is 18.6 Å². The molecule has 0 fully saturated rings. The summed E-state index contributed by atoms with van der Waals surface area (Å²) in [6.07, 6.45) is 2.98. The summed E-state index contributed by atoms with van der Waals surface area (Å²) in [7, 11) is 3.19. The quantitative estimate of drug-likeness (QED) is 0.909. The first kappa shape index (κ1) is 14.1. The smallest absolute Gasteiger partial charge is 0.254 e. The number of aromatic amines is 1. The Labute approximate surface area is 117 Å². The van der Waals surface area contributed by atoms with E-state index < -0.39 is 0 Å². The molecule has 0 aliphatic heterocycles. The van der Waals surface area contributed by atoms with Crippen LogP contribution in [0.25, 0.3) is 11.3 Å². The number of H-pyrrole nitrogens is 1. The van der Waals surface area contributed by atoms with Gasteiger partial charge in [-0.25, -0.2) is 4.98 Å². The molecule has 0 saturated heterocycles. The highest BCUT2D eigenvalue weighted by Gasteiger charge is 2.12. The van der Waals surface area contributed by atoms with Gasteiger partial charge in [-0.3, -0.25) is 4.79 Å². The van der Waals surface area contributed by atoms with E-state index in [9.17, 15) is 4.79 Å². The SMILES string of the molecule is CCCc1c(-c2cc(OC)cc(OC)c2)nc[nH]c1=O. The Morgan fingerprint density at radius 1 is 1.15 bits per heavy atom. The molecular formula is C15H18N2O3. The highest BCUT2D eigenvalue weighted by atomic mass is 16.5. The van der Waals surface area contributed by atoms with E-state index in [0.717, 1.165) is 12.0 Å². The van der Waals surface area contributed by atoms with E-state index >= 15 is 0 Å². The van der Waals surface area contributed by atoms with Gasteiger partial charge in [-0.15, -0.1) is 0 Å². The summed E-state index contributed by atoms with van der Waals surface area (Å²) < 4.78 is 10.5. The van der Waals surface area contributed by atoms with Crippen molar-refractivity contribution in [3.63, 3.8) is 0 Å². The molecule has 0 spiro atoms. The Kier molecular flexibility index (Phi) is 4.40. The van der Waals surface area contributed by atoms with E-state index in [-0.39, 0.29) is 5.56 Å². The molecule has 0 amide bonds. The van der Waals surface area contributed by atoms with E-state index in [1.165, 1.54) is 6.33 Å². The van der Waals surface area contributed by atoms with Crippen molar-refractivity contribution in [2.24, 2.45) is 0 Å². The van der Waals surface area contributed by atoms with Crippen molar-refractivity contribution in [3.05, 3.63) is 40.4 Å². The monoisotopic (exact) mass is 274 g/mol. The molecule has 5 nitrogen and oxygen atoms in total. The summed E-state index contributed by atoms with van der Waals surface area (Å²) >= 11 is 0. The van der Waals surface area contributed by atoms with Crippen LogP contribution in [0.2, 0.25) is 0 Å². The molecular weight excluding hydrogens is 256 g/mol. The molecule has 0 bridgehead atoms. The van der Waals surface area contributed by atoms with E-state index in [0.29, 0.717) is 29.2 Å². The van der Waals surface area contributed by atoms with Gasteiger partial charge in [0.05, 0.1) is 26.2 Å². The largest absolute Gasteiger partial charge is 0.497 e. The zero-order valence-corrected chi connectivity index (χ0v) is 11.9. The van der Waals surface area contributed by atoms with Gasteiger partial charge in [0.25, 0.3) is 5.56 Å². The molecule has 2 aromatic rings. The maximum Gasteiger partial charge on any atom is 0.254 e. The summed E-state index contributed by atoms with van der Waals surface area (Å²) in [5, 5.41) is 0. The molecule has 0 aliphatic rings. The Bertz CT molecular complexity index is 628. The summed E-state index contributed by atoms with van der Waals surface area (Å²) in [5.41, 5.74) is 2.08. The number of nitrogens with one attached hydrogen (secondary N) is 1. The predicted molar refractivity (Wildman–Crippen MR) is 77.4 cm³/mol. The Morgan fingerprint density at radius 2 is 1.80 bits per heavy atom. The lowest BCUT2D eigenvalue weighted by Gasteiger charge is -2.10. The molecule has 1 aromatic carbocycles. The summed E-state index contributed by atoms with van der Waals surface area (Å²) in [4.78, 5) is 18.9. The van der Waals surface area contributed by atoms with E-state index in [1.807, 2.05) is 19.1 Å². The first-order valence-electron chi connectivity index (χ1n) is 6.49. The molecule has 20 heavy (non-hydrogen) atoms. The zero-order valence-electron chi connectivity index (χ0n) is 11.9. The molecule has 1 aromatic heterocycles. The fourth-order valence-electron chi connectivity index (χ4n) is 2.10. The van der Waals surface area contributed by atoms with Crippen LogP contribution in [-0.2, 0) is 6.42 Å². The van der Waals surface area contributed by atoms with Crippen molar-refractivity contribution in [3.8, 4) is 22.8 Å². The van der Waals surface area contributed by atoms with Crippen molar-refractivity contribution in [1.82, 2.24) is 9.97 Å². The molecule has 1 N–H and O–H groups in total.